The third-order valence-corrected chi connectivity index (χ3v) is 4.16. The van der Waals surface area contributed by atoms with Gasteiger partial charge in [0.2, 0.25) is 0 Å². The smallest absolute Gasteiger partial charge is 0.446 e. The molecule has 1 N–H and O–H groups in total. The Bertz CT molecular complexity index is 484. The summed E-state index contributed by atoms with van der Waals surface area (Å²) in [5.74, 6) is -0.965. The van der Waals surface area contributed by atoms with Gasteiger partial charge in [0, 0.05) is 4.90 Å². The van der Waals surface area contributed by atoms with Gasteiger partial charge in [-0.05, 0) is 55.4 Å². The number of carbonyl (C=O) groups is 1. The molecule has 2 rings (SSSR count). The first-order valence-electron chi connectivity index (χ1n) is 6.69. The molecule has 1 unspecified atom stereocenters. The van der Waals surface area contributed by atoms with Crippen LogP contribution in [-0.2, 0) is 4.79 Å². The van der Waals surface area contributed by atoms with Crippen molar-refractivity contribution in [3.63, 3.8) is 0 Å². The van der Waals surface area contributed by atoms with Crippen LogP contribution in [0.5, 0.6) is 0 Å². The average molecular weight is 319 g/mol. The van der Waals surface area contributed by atoms with Gasteiger partial charge in [-0.3, -0.25) is 9.69 Å². The molecule has 1 saturated heterocycles. The molecule has 116 valence electrons. The summed E-state index contributed by atoms with van der Waals surface area (Å²) < 4.78 is 36.8. The zero-order valence-corrected chi connectivity index (χ0v) is 12.1. The van der Waals surface area contributed by atoms with E-state index >= 15 is 0 Å². The number of aliphatic carboxylic acids is 1. The van der Waals surface area contributed by atoms with E-state index in [2.05, 4.69) is 0 Å². The lowest BCUT2D eigenvalue weighted by atomic mass is 10.0. The molecule has 1 heterocycles. The lowest BCUT2D eigenvalue weighted by molar-refractivity contribution is -0.144. The van der Waals surface area contributed by atoms with Gasteiger partial charge >= 0.3 is 11.5 Å². The van der Waals surface area contributed by atoms with E-state index in [0.29, 0.717) is 18.7 Å². The van der Waals surface area contributed by atoms with Crippen LogP contribution in [0.15, 0.2) is 29.2 Å². The molecule has 0 aliphatic carbocycles. The zero-order valence-electron chi connectivity index (χ0n) is 11.3. The minimum atomic E-state index is -4.33. The number of nitrogens with zero attached hydrogens (tertiary/aromatic N) is 1. The minimum absolute atomic E-state index is 0.0639. The number of halogens is 3. The van der Waals surface area contributed by atoms with Crippen LogP contribution in [0, 0.1) is 0 Å². The lowest BCUT2D eigenvalue weighted by Crippen LogP contribution is -2.37. The Kier molecular flexibility index (Phi) is 5.16. The van der Waals surface area contributed by atoms with Gasteiger partial charge in [0.25, 0.3) is 0 Å². The number of hydrogen-bond donors (Lipinski definition) is 1. The fourth-order valence-electron chi connectivity index (χ4n) is 2.54. The van der Waals surface area contributed by atoms with Crippen molar-refractivity contribution in [3.05, 3.63) is 29.8 Å². The van der Waals surface area contributed by atoms with E-state index in [1.807, 2.05) is 4.90 Å². The monoisotopic (exact) mass is 319 g/mol. The molecular formula is C14H16F3NO2S. The van der Waals surface area contributed by atoms with Crippen molar-refractivity contribution < 1.29 is 23.1 Å². The maximum atomic E-state index is 12.3. The fraction of sp³-hybridized carbons (Fsp3) is 0.500. The van der Waals surface area contributed by atoms with Crippen molar-refractivity contribution in [1.82, 2.24) is 4.90 Å². The highest BCUT2D eigenvalue weighted by Gasteiger charge is 2.31. The van der Waals surface area contributed by atoms with E-state index in [1.54, 1.807) is 0 Å². The third kappa shape index (κ3) is 4.64. The Morgan fingerprint density at radius 3 is 2.19 bits per heavy atom. The SMILES string of the molecule is O=C(O)C(c1ccc(SC(F)(F)F)cc1)N1CCCCC1. The second-order valence-electron chi connectivity index (χ2n) is 4.95. The maximum Gasteiger partial charge on any atom is 0.446 e. The zero-order chi connectivity index (χ0) is 15.5. The summed E-state index contributed by atoms with van der Waals surface area (Å²) in [6, 6.07) is 4.82. The van der Waals surface area contributed by atoms with Crippen molar-refractivity contribution >= 4 is 17.7 Å². The van der Waals surface area contributed by atoms with Crippen LogP contribution in [0.2, 0.25) is 0 Å². The summed E-state index contributed by atoms with van der Waals surface area (Å²) in [5, 5.41) is 9.41. The summed E-state index contributed by atoms with van der Waals surface area (Å²) in [4.78, 5) is 13.4. The highest BCUT2D eigenvalue weighted by atomic mass is 32.2. The largest absolute Gasteiger partial charge is 0.480 e. The molecule has 1 fully saturated rings. The number of rotatable bonds is 4. The van der Waals surface area contributed by atoms with Gasteiger partial charge in [-0.1, -0.05) is 18.6 Å². The number of likely N-dealkylation sites (tertiary alicyclic amines) is 1. The van der Waals surface area contributed by atoms with E-state index < -0.39 is 17.5 Å². The van der Waals surface area contributed by atoms with Crippen LogP contribution >= 0.6 is 11.8 Å². The average Bonchev–Trinajstić information content (AvgIpc) is 2.40. The number of benzene rings is 1. The number of alkyl halides is 3. The molecule has 1 aromatic rings. The highest BCUT2D eigenvalue weighted by Crippen LogP contribution is 2.37. The van der Waals surface area contributed by atoms with Crippen LogP contribution in [0.1, 0.15) is 30.9 Å². The first-order valence-corrected chi connectivity index (χ1v) is 7.51. The molecular weight excluding hydrogens is 303 g/mol. The van der Waals surface area contributed by atoms with Gasteiger partial charge in [-0.15, -0.1) is 0 Å². The molecule has 7 heteroatoms. The summed E-state index contributed by atoms with van der Waals surface area (Å²) >= 11 is -0.196. The summed E-state index contributed by atoms with van der Waals surface area (Å²) in [6.45, 7) is 1.41. The molecule has 0 aromatic heterocycles. The number of carboxylic acids is 1. The van der Waals surface area contributed by atoms with E-state index in [0.717, 1.165) is 19.3 Å². The first kappa shape index (κ1) is 16.2. The highest BCUT2D eigenvalue weighted by molar-refractivity contribution is 8.00. The fourth-order valence-corrected chi connectivity index (χ4v) is 3.08. The maximum absolute atomic E-state index is 12.3. The number of carboxylic acid groups (broad SMARTS) is 1. The van der Waals surface area contributed by atoms with E-state index in [-0.39, 0.29) is 16.7 Å². The third-order valence-electron chi connectivity index (χ3n) is 3.42. The Morgan fingerprint density at radius 1 is 1.14 bits per heavy atom. The van der Waals surface area contributed by atoms with Gasteiger partial charge in [0.1, 0.15) is 6.04 Å². The van der Waals surface area contributed by atoms with Crippen LogP contribution in [-0.4, -0.2) is 34.6 Å². The Labute approximate surface area is 125 Å². The Hall–Kier alpha value is -1.21. The van der Waals surface area contributed by atoms with E-state index in [4.69, 9.17) is 0 Å². The van der Waals surface area contributed by atoms with Crippen LogP contribution in [0.3, 0.4) is 0 Å². The van der Waals surface area contributed by atoms with Crippen molar-refractivity contribution in [1.29, 1.82) is 0 Å². The molecule has 21 heavy (non-hydrogen) atoms. The molecule has 1 atom stereocenters. The quantitative estimate of drug-likeness (QED) is 0.854. The van der Waals surface area contributed by atoms with Crippen LogP contribution in [0.25, 0.3) is 0 Å². The molecule has 1 aliphatic rings. The van der Waals surface area contributed by atoms with E-state index in [9.17, 15) is 23.1 Å². The predicted octanol–water partition coefficient (Wildman–Crippen LogP) is 3.91. The van der Waals surface area contributed by atoms with Crippen molar-refractivity contribution in [2.24, 2.45) is 0 Å². The molecule has 0 amide bonds. The van der Waals surface area contributed by atoms with Gasteiger partial charge in [-0.25, -0.2) is 0 Å². The Morgan fingerprint density at radius 2 is 1.71 bits per heavy atom. The summed E-state index contributed by atoms with van der Waals surface area (Å²) in [5.41, 5.74) is -3.81. The van der Waals surface area contributed by atoms with Gasteiger partial charge in [0.05, 0.1) is 0 Å². The number of piperidine rings is 1. The van der Waals surface area contributed by atoms with Crippen molar-refractivity contribution in [2.75, 3.05) is 13.1 Å². The topological polar surface area (TPSA) is 40.5 Å². The second kappa shape index (κ2) is 6.70. The summed E-state index contributed by atoms with van der Waals surface area (Å²) in [6.07, 6.45) is 2.99. The molecule has 1 aromatic carbocycles. The molecule has 0 radical (unpaired) electrons. The first-order chi connectivity index (χ1) is 9.87. The molecule has 3 nitrogen and oxygen atoms in total. The van der Waals surface area contributed by atoms with Gasteiger partial charge < -0.3 is 5.11 Å². The number of thioether (sulfide) groups is 1. The van der Waals surface area contributed by atoms with Crippen LogP contribution < -0.4 is 0 Å². The minimum Gasteiger partial charge on any atom is -0.480 e. The molecule has 1 aliphatic heterocycles. The summed E-state index contributed by atoms with van der Waals surface area (Å²) in [7, 11) is 0. The van der Waals surface area contributed by atoms with Gasteiger partial charge in [-0.2, -0.15) is 13.2 Å². The molecule has 0 bridgehead atoms. The van der Waals surface area contributed by atoms with Crippen molar-refractivity contribution in [2.45, 2.75) is 35.7 Å². The standard InChI is InChI=1S/C14H16F3NO2S/c15-14(16,17)21-11-6-4-10(5-7-11)12(13(19)20)18-8-2-1-3-9-18/h4-7,12H,1-3,8-9H2,(H,19,20). The molecule has 0 spiro atoms. The van der Waals surface area contributed by atoms with Crippen LogP contribution in [0.4, 0.5) is 13.2 Å². The Balaban J connectivity index is 2.15. The second-order valence-corrected chi connectivity index (χ2v) is 6.09. The number of hydrogen-bond acceptors (Lipinski definition) is 3. The predicted molar refractivity (Wildman–Crippen MR) is 74.2 cm³/mol. The molecule has 0 saturated carbocycles. The van der Waals surface area contributed by atoms with E-state index in [1.165, 1.54) is 24.3 Å². The lowest BCUT2D eigenvalue weighted by Gasteiger charge is -2.32. The van der Waals surface area contributed by atoms with Crippen molar-refractivity contribution in [3.8, 4) is 0 Å². The normalized spacial score (nSPS) is 18.4. The van der Waals surface area contributed by atoms with Gasteiger partial charge in [0.15, 0.2) is 0 Å².